The quantitative estimate of drug-likeness (QED) is 0.351. The van der Waals surface area contributed by atoms with Crippen LogP contribution in [0, 0.1) is 5.41 Å². The van der Waals surface area contributed by atoms with E-state index in [1.54, 1.807) is 24.3 Å². The van der Waals surface area contributed by atoms with Crippen LogP contribution in [0.5, 0.6) is 0 Å². The van der Waals surface area contributed by atoms with Gasteiger partial charge in [0.25, 0.3) is 0 Å². The van der Waals surface area contributed by atoms with Gasteiger partial charge in [-0.2, -0.15) is 0 Å². The van der Waals surface area contributed by atoms with Crippen molar-refractivity contribution in [2.45, 2.75) is 0 Å². The van der Waals surface area contributed by atoms with E-state index in [0.717, 1.165) is 0 Å². The van der Waals surface area contributed by atoms with E-state index in [2.05, 4.69) is 5.32 Å². The molecule has 0 radical (unpaired) electrons. The smallest absolute Gasteiger partial charge is 0.322 e. The number of nitrogens with two attached hydrogens (primary N) is 2. The fourth-order valence-electron chi connectivity index (χ4n) is 0.773. The Morgan fingerprint density at radius 1 is 1.24 bits per heavy atom. The molecule has 0 unspecified atom stereocenters. The Bertz CT molecular complexity index is 378. The van der Waals surface area contributed by atoms with Crippen LogP contribution in [-0.2, 0) is 4.79 Å². The van der Waals surface area contributed by atoms with Crippen molar-refractivity contribution in [3.05, 3.63) is 35.9 Å². The second-order valence-electron chi connectivity index (χ2n) is 2.89. The Morgan fingerprint density at radius 3 is 2.00 bits per heavy atom. The van der Waals surface area contributed by atoms with Crippen LogP contribution in [-0.4, -0.2) is 29.5 Å². The van der Waals surface area contributed by atoms with E-state index in [0.29, 0.717) is 5.56 Å². The number of carboxylic acid groups (broad SMARTS) is 1. The molecule has 17 heavy (non-hydrogen) atoms. The molecule has 0 bridgehead atoms. The van der Waals surface area contributed by atoms with Crippen molar-refractivity contribution in [1.82, 2.24) is 5.32 Å². The molecule has 1 amide bonds. The minimum Gasteiger partial charge on any atom is -0.480 e. The fraction of sp³-hybridized carbons (Fsp3) is 0.100. The first-order chi connectivity index (χ1) is 7.93. The van der Waals surface area contributed by atoms with Gasteiger partial charge in [0.1, 0.15) is 6.54 Å². The third-order valence-electron chi connectivity index (χ3n) is 1.49. The van der Waals surface area contributed by atoms with E-state index in [1.807, 2.05) is 6.07 Å². The summed E-state index contributed by atoms with van der Waals surface area (Å²) in [5.74, 6) is -1.73. The highest BCUT2D eigenvalue weighted by molar-refractivity contribution is 5.92. The number of benzene rings is 1. The number of hydrogen-bond acceptors (Lipinski definition) is 3. The summed E-state index contributed by atoms with van der Waals surface area (Å²) in [6.45, 7) is -0.296. The summed E-state index contributed by atoms with van der Waals surface area (Å²) in [7, 11) is 0. The number of carboxylic acids is 1. The number of primary amides is 1. The maximum Gasteiger partial charge on any atom is 0.322 e. The molecule has 7 N–H and O–H groups in total. The van der Waals surface area contributed by atoms with E-state index in [1.165, 1.54) is 0 Å². The third-order valence-corrected chi connectivity index (χ3v) is 1.49. The molecule has 0 heterocycles. The molecule has 0 aromatic heterocycles. The molecule has 7 heteroatoms. The maximum atomic E-state index is 10.4. The van der Waals surface area contributed by atoms with Crippen LogP contribution in [0.2, 0.25) is 0 Å². The van der Waals surface area contributed by atoms with Crippen molar-refractivity contribution in [2.24, 2.45) is 11.5 Å². The molecule has 1 aromatic rings. The summed E-state index contributed by atoms with van der Waals surface area (Å²) in [5, 5.41) is 16.5. The van der Waals surface area contributed by atoms with Gasteiger partial charge >= 0.3 is 5.97 Å². The van der Waals surface area contributed by atoms with E-state index >= 15 is 0 Å². The van der Waals surface area contributed by atoms with Crippen molar-refractivity contribution in [3.8, 4) is 0 Å². The molecule has 0 saturated heterocycles. The molecular formula is C10H14N4O3. The maximum absolute atomic E-state index is 10.4. The Balaban J connectivity index is 0.000000304. The second kappa shape index (κ2) is 7.69. The van der Waals surface area contributed by atoms with Gasteiger partial charge in [-0.15, -0.1) is 0 Å². The molecular weight excluding hydrogens is 224 g/mol. The molecule has 0 fully saturated rings. The average Bonchev–Trinajstić information content (AvgIpc) is 2.28. The highest BCUT2D eigenvalue weighted by atomic mass is 16.4. The number of aliphatic carboxylic acids is 1. The third kappa shape index (κ3) is 8.43. The summed E-state index contributed by atoms with van der Waals surface area (Å²) in [5.41, 5.74) is 10.3. The predicted molar refractivity (Wildman–Crippen MR) is 62.5 cm³/mol. The lowest BCUT2D eigenvalue weighted by Crippen LogP contribution is -2.34. The zero-order valence-corrected chi connectivity index (χ0v) is 9.01. The molecule has 0 atom stereocenters. The van der Waals surface area contributed by atoms with Crippen LogP contribution in [0.3, 0.4) is 0 Å². The number of amides is 1. The molecule has 7 nitrogen and oxygen atoms in total. The van der Waals surface area contributed by atoms with Crippen LogP contribution in [0.15, 0.2) is 30.3 Å². The first-order valence-corrected chi connectivity index (χ1v) is 4.58. The summed E-state index contributed by atoms with van der Waals surface area (Å²) in [4.78, 5) is 20.1. The Hall–Kier alpha value is -2.57. The summed E-state index contributed by atoms with van der Waals surface area (Å²) in [6, 6.07) is 8.76. The Labute approximate surface area is 97.9 Å². The van der Waals surface area contributed by atoms with Gasteiger partial charge in [-0.05, 0) is 12.1 Å². The highest BCUT2D eigenvalue weighted by Gasteiger charge is 1.94. The molecule has 0 aliphatic carbocycles. The van der Waals surface area contributed by atoms with Gasteiger partial charge in [-0.25, -0.2) is 0 Å². The fourth-order valence-corrected chi connectivity index (χ4v) is 0.773. The van der Waals surface area contributed by atoms with Gasteiger partial charge in [0.2, 0.25) is 5.91 Å². The lowest BCUT2D eigenvalue weighted by molar-refractivity contribution is -0.135. The van der Waals surface area contributed by atoms with Crippen molar-refractivity contribution in [2.75, 3.05) is 6.54 Å². The minimum atomic E-state index is -1.03. The standard InChI is InChI=1S/C7H7NO.C3H7N3O2/c8-7(9)6-4-2-1-3-5-6;4-3(5)6-1-2(7)8/h1-5H,(H2,8,9);1H2,(H,7,8)(H4,4,5,6). The monoisotopic (exact) mass is 238 g/mol. The largest absolute Gasteiger partial charge is 0.480 e. The molecule has 1 rings (SSSR count). The summed E-state index contributed by atoms with van der Waals surface area (Å²) < 4.78 is 0. The lowest BCUT2D eigenvalue weighted by atomic mass is 10.2. The first-order valence-electron chi connectivity index (χ1n) is 4.58. The van der Waals surface area contributed by atoms with Crippen molar-refractivity contribution in [1.29, 1.82) is 5.41 Å². The Morgan fingerprint density at radius 2 is 1.76 bits per heavy atom. The first kappa shape index (κ1) is 14.4. The molecule has 0 saturated carbocycles. The number of hydrogen-bond donors (Lipinski definition) is 5. The zero-order chi connectivity index (χ0) is 13.3. The SMILES string of the molecule is N=C(N)NCC(=O)O.NC(=O)c1ccccc1. The van der Waals surface area contributed by atoms with E-state index in [9.17, 15) is 9.59 Å². The van der Waals surface area contributed by atoms with Crippen LogP contribution in [0.25, 0.3) is 0 Å². The highest BCUT2D eigenvalue weighted by Crippen LogP contribution is 1.94. The van der Waals surface area contributed by atoms with Crippen LogP contribution in [0.4, 0.5) is 0 Å². The second-order valence-corrected chi connectivity index (χ2v) is 2.89. The van der Waals surface area contributed by atoms with Gasteiger partial charge in [-0.1, -0.05) is 18.2 Å². The molecule has 92 valence electrons. The van der Waals surface area contributed by atoms with Crippen LogP contribution < -0.4 is 16.8 Å². The molecule has 0 spiro atoms. The van der Waals surface area contributed by atoms with Crippen molar-refractivity contribution >= 4 is 17.8 Å². The number of nitrogens with one attached hydrogen (secondary N) is 2. The zero-order valence-electron chi connectivity index (χ0n) is 9.01. The average molecular weight is 238 g/mol. The van der Waals surface area contributed by atoms with E-state index in [4.69, 9.17) is 22.0 Å². The lowest BCUT2D eigenvalue weighted by Gasteiger charge is -1.95. The number of carbonyl (C=O) groups is 2. The Kier molecular flexibility index (Phi) is 6.52. The van der Waals surface area contributed by atoms with Gasteiger partial charge < -0.3 is 21.9 Å². The van der Waals surface area contributed by atoms with Gasteiger partial charge in [0, 0.05) is 5.56 Å². The minimum absolute atomic E-state index is 0.296. The molecule has 1 aromatic carbocycles. The van der Waals surface area contributed by atoms with E-state index in [-0.39, 0.29) is 18.4 Å². The number of rotatable bonds is 3. The van der Waals surface area contributed by atoms with Crippen molar-refractivity contribution < 1.29 is 14.7 Å². The summed E-state index contributed by atoms with van der Waals surface area (Å²) >= 11 is 0. The molecule has 0 aliphatic rings. The number of guanidine groups is 1. The van der Waals surface area contributed by atoms with Gasteiger partial charge in [0.05, 0.1) is 0 Å². The van der Waals surface area contributed by atoms with E-state index < -0.39 is 5.97 Å². The van der Waals surface area contributed by atoms with Gasteiger partial charge in [0.15, 0.2) is 5.96 Å². The van der Waals surface area contributed by atoms with Crippen LogP contribution in [0.1, 0.15) is 10.4 Å². The molecule has 0 aliphatic heterocycles. The number of carbonyl (C=O) groups excluding carboxylic acids is 1. The van der Waals surface area contributed by atoms with Gasteiger partial charge in [-0.3, -0.25) is 15.0 Å². The predicted octanol–water partition coefficient (Wildman–Crippen LogP) is -0.660. The van der Waals surface area contributed by atoms with Crippen molar-refractivity contribution in [3.63, 3.8) is 0 Å². The normalized spacial score (nSPS) is 8.47. The topological polar surface area (TPSA) is 142 Å². The summed E-state index contributed by atoms with van der Waals surface area (Å²) in [6.07, 6.45) is 0. The van der Waals surface area contributed by atoms with Crippen LogP contribution >= 0.6 is 0 Å².